The lowest BCUT2D eigenvalue weighted by molar-refractivity contribution is 0.0418. The van der Waals surface area contributed by atoms with E-state index in [2.05, 4.69) is 15.9 Å². The van der Waals surface area contributed by atoms with E-state index in [1.54, 1.807) is 14.2 Å². The number of ether oxygens (including phenoxy) is 2. The van der Waals surface area contributed by atoms with Crippen LogP contribution in [0.25, 0.3) is 0 Å². The standard InChI is InChI=1S/C13H17BrO3/c1-16-10-6-5-9(12(17-2)11(10)14)13(15)7-3-4-8-13/h5-6,15H,3-4,7-8H2,1-2H3. The minimum atomic E-state index is -0.750. The van der Waals surface area contributed by atoms with Crippen LogP contribution in [0.3, 0.4) is 0 Å². The third-order valence-corrected chi connectivity index (χ3v) is 4.17. The van der Waals surface area contributed by atoms with E-state index in [0.717, 1.165) is 35.7 Å². The van der Waals surface area contributed by atoms with Crippen LogP contribution in [0.2, 0.25) is 0 Å². The zero-order valence-electron chi connectivity index (χ0n) is 10.1. The molecule has 3 nitrogen and oxygen atoms in total. The Balaban J connectivity index is 2.50. The molecule has 0 aliphatic heterocycles. The van der Waals surface area contributed by atoms with Crippen LogP contribution in [0, 0.1) is 0 Å². The molecule has 0 spiro atoms. The number of benzene rings is 1. The van der Waals surface area contributed by atoms with Gasteiger partial charge >= 0.3 is 0 Å². The van der Waals surface area contributed by atoms with E-state index in [1.165, 1.54) is 0 Å². The Morgan fingerprint density at radius 2 is 1.82 bits per heavy atom. The van der Waals surface area contributed by atoms with Gasteiger partial charge in [-0.15, -0.1) is 0 Å². The molecule has 2 rings (SSSR count). The van der Waals surface area contributed by atoms with Crippen molar-refractivity contribution in [2.75, 3.05) is 14.2 Å². The van der Waals surface area contributed by atoms with Crippen molar-refractivity contribution >= 4 is 15.9 Å². The molecule has 0 saturated heterocycles. The van der Waals surface area contributed by atoms with Gasteiger partial charge in [-0.2, -0.15) is 0 Å². The molecule has 0 heterocycles. The topological polar surface area (TPSA) is 38.7 Å². The van der Waals surface area contributed by atoms with E-state index in [9.17, 15) is 5.11 Å². The minimum Gasteiger partial charge on any atom is -0.495 e. The number of hydrogen-bond acceptors (Lipinski definition) is 3. The maximum absolute atomic E-state index is 10.6. The fraction of sp³-hybridized carbons (Fsp3) is 0.538. The predicted octanol–water partition coefficient (Wildman–Crippen LogP) is 3.23. The molecule has 0 radical (unpaired) electrons. The van der Waals surface area contributed by atoms with Gasteiger partial charge in [-0.1, -0.05) is 12.8 Å². The SMILES string of the molecule is COc1ccc(C2(O)CCCC2)c(OC)c1Br. The van der Waals surface area contributed by atoms with Crippen molar-refractivity contribution < 1.29 is 14.6 Å². The van der Waals surface area contributed by atoms with Crippen LogP contribution in [0.5, 0.6) is 11.5 Å². The van der Waals surface area contributed by atoms with Gasteiger partial charge in [0, 0.05) is 5.56 Å². The average molecular weight is 301 g/mol. The molecule has 0 atom stereocenters. The molecule has 4 heteroatoms. The smallest absolute Gasteiger partial charge is 0.142 e. The van der Waals surface area contributed by atoms with Crippen LogP contribution in [0.1, 0.15) is 31.2 Å². The fourth-order valence-corrected chi connectivity index (χ4v) is 3.16. The van der Waals surface area contributed by atoms with Gasteiger partial charge < -0.3 is 14.6 Å². The quantitative estimate of drug-likeness (QED) is 0.931. The number of hydrogen-bond donors (Lipinski definition) is 1. The Labute approximate surface area is 110 Å². The van der Waals surface area contributed by atoms with E-state index >= 15 is 0 Å². The number of methoxy groups -OCH3 is 2. The maximum atomic E-state index is 10.6. The highest BCUT2D eigenvalue weighted by Gasteiger charge is 2.36. The molecule has 0 amide bonds. The normalized spacial score (nSPS) is 18.1. The first-order chi connectivity index (χ1) is 8.12. The molecule has 94 valence electrons. The largest absolute Gasteiger partial charge is 0.495 e. The molecule has 0 unspecified atom stereocenters. The van der Waals surface area contributed by atoms with Gasteiger partial charge in [-0.3, -0.25) is 0 Å². The number of halogens is 1. The van der Waals surface area contributed by atoms with Crippen LogP contribution >= 0.6 is 15.9 Å². The Hall–Kier alpha value is -0.740. The van der Waals surface area contributed by atoms with Gasteiger partial charge in [0.1, 0.15) is 16.0 Å². The average Bonchev–Trinajstić information content (AvgIpc) is 2.77. The van der Waals surface area contributed by atoms with E-state index in [4.69, 9.17) is 9.47 Å². The van der Waals surface area contributed by atoms with Crippen molar-refractivity contribution in [1.82, 2.24) is 0 Å². The van der Waals surface area contributed by atoms with E-state index in [1.807, 2.05) is 12.1 Å². The third kappa shape index (κ3) is 2.16. The molecule has 1 aromatic rings. The highest BCUT2D eigenvalue weighted by Crippen LogP contribution is 2.47. The minimum absolute atomic E-state index is 0.675. The highest BCUT2D eigenvalue weighted by atomic mass is 79.9. The first kappa shape index (κ1) is 12.7. The number of rotatable bonds is 3. The van der Waals surface area contributed by atoms with Gasteiger partial charge in [0.15, 0.2) is 0 Å². The molecule has 1 saturated carbocycles. The molecular formula is C13H17BrO3. The Morgan fingerprint density at radius 3 is 2.35 bits per heavy atom. The summed E-state index contributed by atoms with van der Waals surface area (Å²) in [6, 6.07) is 3.76. The first-order valence-electron chi connectivity index (χ1n) is 5.76. The van der Waals surface area contributed by atoms with Crippen molar-refractivity contribution in [3.63, 3.8) is 0 Å². The Kier molecular flexibility index (Phi) is 3.64. The molecule has 0 bridgehead atoms. The summed E-state index contributed by atoms with van der Waals surface area (Å²) in [6.45, 7) is 0. The number of aliphatic hydroxyl groups is 1. The van der Waals surface area contributed by atoms with Crippen LogP contribution in [0.4, 0.5) is 0 Å². The summed E-state index contributed by atoms with van der Waals surface area (Å²) in [5, 5.41) is 10.6. The van der Waals surface area contributed by atoms with Gasteiger partial charge in [0.2, 0.25) is 0 Å². The molecule has 1 fully saturated rings. The summed E-state index contributed by atoms with van der Waals surface area (Å²) in [7, 11) is 3.23. The van der Waals surface area contributed by atoms with E-state index < -0.39 is 5.60 Å². The monoisotopic (exact) mass is 300 g/mol. The van der Waals surface area contributed by atoms with E-state index in [0.29, 0.717) is 11.5 Å². The second-order valence-corrected chi connectivity index (χ2v) is 5.19. The van der Waals surface area contributed by atoms with Crippen molar-refractivity contribution in [2.45, 2.75) is 31.3 Å². The second-order valence-electron chi connectivity index (χ2n) is 4.40. The molecular weight excluding hydrogens is 284 g/mol. The molecule has 17 heavy (non-hydrogen) atoms. The molecule has 1 N–H and O–H groups in total. The Bertz CT molecular complexity index is 411. The lowest BCUT2D eigenvalue weighted by Gasteiger charge is -2.26. The highest BCUT2D eigenvalue weighted by molar-refractivity contribution is 9.10. The molecule has 0 aromatic heterocycles. The van der Waals surface area contributed by atoms with Gasteiger partial charge in [-0.25, -0.2) is 0 Å². The maximum Gasteiger partial charge on any atom is 0.142 e. The first-order valence-corrected chi connectivity index (χ1v) is 6.55. The van der Waals surface area contributed by atoms with Crippen molar-refractivity contribution in [2.24, 2.45) is 0 Å². The lowest BCUT2D eigenvalue weighted by Crippen LogP contribution is -2.22. The predicted molar refractivity (Wildman–Crippen MR) is 69.6 cm³/mol. The summed E-state index contributed by atoms with van der Waals surface area (Å²) < 4.78 is 11.4. The zero-order chi connectivity index (χ0) is 12.5. The summed E-state index contributed by atoms with van der Waals surface area (Å²) in [5.41, 5.74) is 0.102. The summed E-state index contributed by atoms with van der Waals surface area (Å²) in [6.07, 6.45) is 3.71. The second kappa shape index (κ2) is 4.86. The van der Waals surface area contributed by atoms with Crippen LogP contribution < -0.4 is 9.47 Å². The zero-order valence-corrected chi connectivity index (χ0v) is 11.7. The molecule has 1 aliphatic rings. The van der Waals surface area contributed by atoms with Crippen LogP contribution in [0.15, 0.2) is 16.6 Å². The van der Waals surface area contributed by atoms with Gasteiger partial charge in [-0.05, 0) is 40.9 Å². The van der Waals surface area contributed by atoms with Gasteiger partial charge in [0.05, 0.1) is 19.8 Å². The Morgan fingerprint density at radius 1 is 1.18 bits per heavy atom. The van der Waals surface area contributed by atoms with Crippen LogP contribution in [-0.4, -0.2) is 19.3 Å². The summed E-state index contributed by atoms with van der Waals surface area (Å²) in [5.74, 6) is 1.39. The van der Waals surface area contributed by atoms with Crippen molar-refractivity contribution in [1.29, 1.82) is 0 Å². The van der Waals surface area contributed by atoms with Crippen molar-refractivity contribution in [3.05, 3.63) is 22.2 Å². The summed E-state index contributed by atoms with van der Waals surface area (Å²) >= 11 is 3.46. The summed E-state index contributed by atoms with van der Waals surface area (Å²) in [4.78, 5) is 0. The molecule has 1 aliphatic carbocycles. The van der Waals surface area contributed by atoms with E-state index in [-0.39, 0.29) is 0 Å². The van der Waals surface area contributed by atoms with Gasteiger partial charge in [0.25, 0.3) is 0 Å². The third-order valence-electron chi connectivity index (χ3n) is 3.42. The molecule has 1 aromatic carbocycles. The van der Waals surface area contributed by atoms with Crippen LogP contribution in [-0.2, 0) is 5.60 Å². The fourth-order valence-electron chi connectivity index (χ4n) is 2.49. The van der Waals surface area contributed by atoms with Crippen molar-refractivity contribution in [3.8, 4) is 11.5 Å². The lowest BCUT2D eigenvalue weighted by atomic mass is 9.91.